The van der Waals surface area contributed by atoms with E-state index < -0.39 is 0 Å². The first-order valence-electron chi connectivity index (χ1n) is 7.52. The number of hydrogen-bond acceptors (Lipinski definition) is 2. The van der Waals surface area contributed by atoms with E-state index in [1.807, 2.05) is 48.1 Å². The van der Waals surface area contributed by atoms with E-state index in [0.29, 0.717) is 5.69 Å². The number of aromatic nitrogens is 1. The van der Waals surface area contributed by atoms with Crippen LogP contribution in [0.15, 0.2) is 42.6 Å². The van der Waals surface area contributed by atoms with Gasteiger partial charge in [-0.15, -0.1) is 0 Å². The maximum atomic E-state index is 12.4. The van der Waals surface area contributed by atoms with Gasteiger partial charge < -0.3 is 14.8 Å². The quantitative estimate of drug-likeness (QED) is 0.938. The van der Waals surface area contributed by atoms with Crippen molar-refractivity contribution in [2.45, 2.75) is 19.3 Å². The fraction of sp³-hybridized carbons (Fsp3) is 0.353. The number of nitrogens with zero attached hydrogens (tertiary/aromatic N) is 2. The molecule has 1 amide bonds. The average Bonchev–Trinajstić information content (AvgIpc) is 2.95. The fourth-order valence-electron chi connectivity index (χ4n) is 2.87. The van der Waals surface area contributed by atoms with E-state index >= 15 is 0 Å². The molecule has 2 heterocycles. The van der Waals surface area contributed by atoms with Crippen molar-refractivity contribution in [2.24, 2.45) is 7.05 Å². The highest BCUT2D eigenvalue weighted by Crippen LogP contribution is 2.28. The van der Waals surface area contributed by atoms with Crippen LogP contribution in [0, 0.1) is 0 Å². The molecule has 21 heavy (non-hydrogen) atoms. The Morgan fingerprint density at radius 1 is 1.05 bits per heavy atom. The molecular formula is C17H21N3O. The number of para-hydroxylation sites is 2. The van der Waals surface area contributed by atoms with Gasteiger partial charge in [0.15, 0.2) is 0 Å². The number of piperidine rings is 1. The standard InChI is InChI=1S/C17H21N3O/c1-19-11-7-10-16(19)17(21)18-14-8-3-4-9-15(14)20-12-5-2-6-13-20/h3-4,7-11H,2,5-6,12-13H2,1H3,(H,18,21). The zero-order valence-electron chi connectivity index (χ0n) is 12.4. The molecule has 1 saturated heterocycles. The van der Waals surface area contributed by atoms with Gasteiger partial charge in [0.25, 0.3) is 5.91 Å². The van der Waals surface area contributed by atoms with Crippen LogP contribution in [0.5, 0.6) is 0 Å². The second-order valence-electron chi connectivity index (χ2n) is 5.52. The summed E-state index contributed by atoms with van der Waals surface area (Å²) in [5.41, 5.74) is 2.69. The third-order valence-corrected chi connectivity index (χ3v) is 4.03. The van der Waals surface area contributed by atoms with E-state index in [1.165, 1.54) is 19.3 Å². The first kappa shape index (κ1) is 13.7. The molecule has 1 aromatic heterocycles. The summed E-state index contributed by atoms with van der Waals surface area (Å²) in [4.78, 5) is 14.7. The van der Waals surface area contributed by atoms with Crippen molar-refractivity contribution in [1.29, 1.82) is 0 Å². The van der Waals surface area contributed by atoms with Crippen molar-refractivity contribution in [3.05, 3.63) is 48.3 Å². The SMILES string of the molecule is Cn1cccc1C(=O)Nc1ccccc1N1CCCCC1. The molecule has 1 aliphatic heterocycles. The van der Waals surface area contributed by atoms with Crippen LogP contribution in [-0.2, 0) is 7.05 Å². The summed E-state index contributed by atoms with van der Waals surface area (Å²) in [6.45, 7) is 2.13. The molecule has 0 unspecified atom stereocenters. The zero-order chi connectivity index (χ0) is 14.7. The molecule has 0 bridgehead atoms. The molecule has 1 N–H and O–H groups in total. The Balaban J connectivity index is 1.82. The van der Waals surface area contributed by atoms with Crippen LogP contribution in [0.2, 0.25) is 0 Å². The number of rotatable bonds is 3. The summed E-state index contributed by atoms with van der Waals surface area (Å²) in [5.74, 6) is -0.0630. The molecule has 0 radical (unpaired) electrons. The van der Waals surface area contributed by atoms with Gasteiger partial charge in [-0.05, 0) is 43.5 Å². The van der Waals surface area contributed by atoms with E-state index in [1.54, 1.807) is 0 Å². The highest BCUT2D eigenvalue weighted by molar-refractivity contribution is 6.05. The minimum atomic E-state index is -0.0630. The average molecular weight is 283 g/mol. The topological polar surface area (TPSA) is 37.3 Å². The molecule has 0 aliphatic carbocycles. The zero-order valence-corrected chi connectivity index (χ0v) is 12.4. The minimum Gasteiger partial charge on any atom is -0.370 e. The smallest absolute Gasteiger partial charge is 0.272 e. The first-order valence-corrected chi connectivity index (χ1v) is 7.52. The number of benzene rings is 1. The van der Waals surface area contributed by atoms with Gasteiger partial charge >= 0.3 is 0 Å². The predicted molar refractivity (Wildman–Crippen MR) is 85.9 cm³/mol. The number of anilines is 2. The van der Waals surface area contributed by atoms with Crippen molar-refractivity contribution in [2.75, 3.05) is 23.3 Å². The Kier molecular flexibility index (Phi) is 3.95. The number of hydrogen-bond donors (Lipinski definition) is 1. The summed E-state index contributed by atoms with van der Waals surface area (Å²) in [6, 6.07) is 11.8. The van der Waals surface area contributed by atoms with Crippen LogP contribution in [0.3, 0.4) is 0 Å². The highest BCUT2D eigenvalue weighted by Gasteiger charge is 2.16. The van der Waals surface area contributed by atoms with Crippen molar-refractivity contribution in [3.8, 4) is 0 Å². The van der Waals surface area contributed by atoms with Crippen molar-refractivity contribution in [3.63, 3.8) is 0 Å². The maximum Gasteiger partial charge on any atom is 0.272 e. The fourth-order valence-corrected chi connectivity index (χ4v) is 2.87. The molecule has 1 fully saturated rings. The summed E-state index contributed by atoms with van der Waals surface area (Å²) in [6.07, 6.45) is 5.63. The van der Waals surface area contributed by atoms with Gasteiger partial charge in [-0.1, -0.05) is 12.1 Å². The number of amides is 1. The van der Waals surface area contributed by atoms with E-state index in [-0.39, 0.29) is 5.91 Å². The van der Waals surface area contributed by atoms with Gasteiger partial charge in [0, 0.05) is 26.3 Å². The molecule has 1 aliphatic rings. The molecule has 4 nitrogen and oxygen atoms in total. The number of nitrogens with one attached hydrogen (secondary N) is 1. The number of carbonyl (C=O) groups excluding carboxylic acids is 1. The molecule has 2 aromatic rings. The van der Waals surface area contributed by atoms with Crippen LogP contribution in [0.1, 0.15) is 29.8 Å². The Bertz CT molecular complexity index is 626. The Labute approximate surface area is 125 Å². The van der Waals surface area contributed by atoms with Gasteiger partial charge in [-0.3, -0.25) is 4.79 Å². The summed E-state index contributed by atoms with van der Waals surface area (Å²) < 4.78 is 1.83. The largest absolute Gasteiger partial charge is 0.370 e. The number of aryl methyl sites for hydroxylation is 1. The lowest BCUT2D eigenvalue weighted by Gasteiger charge is -2.30. The Morgan fingerprint density at radius 2 is 1.81 bits per heavy atom. The lowest BCUT2D eigenvalue weighted by atomic mass is 10.1. The molecule has 1 aromatic carbocycles. The van der Waals surface area contributed by atoms with Crippen molar-refractivity contribution >= 4 is 17.3 Å². The molecule has 0 saturated carbocycles. The Hall–Kier alpha value is -2.23. The van der Waals surface area contributed by atoms with Crippen LogP contribution in [0.25, 0.3) is 0 Å². The lowest BCUT2D eigenvalue weighted by Crippen LogP contribution is -2.30. The van der Waals surface area contributed by atoms with Gasteiger partial charge in [0.2, 0.25) is 0 Å². The molecule has 110 valence electrons. The van der Waals surface area contributed by atoms with Gasteiger partial charge in [0.05, 0.1) is 11.4 Å². The molecular weight excluding hydrogens is 262 g/mol. The van der Waals surface area contributed by atoms with E-state index in [9.17, 15) is 4.79 Å². The monoisotopic (exact) mass is 283 g/mol. The van der Waals surface area contributed by atoms with Crippen LogP contribution >= 0.6 is 0 Å². The van der Waals surface area contributed by atoms with Crippen molar-refractivity contribution < 1.29 is 4.79 Å². The second kappa shape index (κ2) is 6.04. The van der Waals surface area contributed by atoms with Crippen molar-refractivity contribution in [1.82, 2.24) is 4.57 Å². The van der Waals surface area contributed by atoms with E-state index in [0.717, 1.165) is 24.5 Å². The minimum absolute atomic E-state index is 0.0630. The summed E-state index contributed by atoms with van der Waals surface area (Å²) >= 11 is 0. The lowest BCUT2D eigenvalue weighted by molar-refractivity contribution is 0.101. The molecule has 4 heteroatoms. The molecule has 3 rings (SSSR count). The van der Waals surface area contributed by atoms with E-state index in [4.69, 9.17) is 0 Å². The first-order chi connectivity index (χ1) is 10.3. The third-order valence-electron chi connectivity index (χ3n) is 4.03. The van der Waals surface area contributed by atoms with E-state index in [2.05, 4.69) is 16.3 Å². The van der Waals surface area contributed by atoms with Gasteiger partial charge in [-0.25, -0.2) is 0 Å². The van der Waals surface area contributed by atoms with Gasteiger partial charge in [-0.2, -0.15) is 0 Å². The normalized spacial score (nSPS) is 15.0. The second-order valence-corrected chi connectivity index (χ2v) is 5.52. The van der Waals surface area contributed by atoms with Crippen LogP contribution in [0.4, 0.5) is 11.4 Å². The Morgan fingerprint density at radius 3 is 2.52 bits per heavy atom. The van der Waals surface area contributed by atoms with Crippen LogP contribution in [-0.4, -0.2) is 23.6 Å². The van der Waals surface area contributed by atoms with Crippen LogP contribution < -0.4 is 10.2 Å². The third kappa shape index (κ3) is 2.94. The summed E-state index contributed by atoms with van der Waals surface area (Å²) in [7, 11) is 1.88. The molecule has 0 spiro atoms. The summed E-state index contributed by atoms with van der Waals surface area (Å²) in [5, 5.41) is 3.05. The highest BCUT2D eigenvalue weighted by atomic mass is 16.1. The maximum absolute atomic E-state index is 12.4. The number of carbonyl (C=O) groups is 1. The van der Waals surface area contributed by atoms with Gasteiger partial charge in [0.1, 0.15) is 5.69 Å². The predicted octanol–water partition coefficient (Wildman–Crippen LogP) is 3.27. The molecule has 0 atom stereocenters.